The van der Waals surface area contributed by atoms with Crippen LogP contribution in [0, 0.1) is 11.3 Å². The van der Waals surface area contributed by atoms with Crippen molar-refractivity contribution < 1.29 is 14.3 Å². The van der Waals surface area contributed by atoms with Crippen LogP contribution in [0.3, 0.4) is 0 Å². The van der Waals surface area contributed by atoms with Crippen LogP contribution in [0.4, 0.5) is 5.69 Å². The summed E-state index contributed by atoms with van der Waals surface area (Å²) in [6, 6.07) is 16.8. The number of aromatic nitrogens is 1. The van der Waals surface area contributed by atoms with E-state index in [0.29, 0.717) is 29.8 Å². The second-order valence-electron chi connectivity index (χ2n) is 6.99. The molecule has 3 rings (SSSR count). The first-order chi connectivity index (χ1) is 14.7. The van der Waals surface area contributed by atoms with Crippen molar-refractivity contribution >= 4 is 28.3 Å². The van der Waals surface area contributed by atoms with E-state index in [2.05, 4.69) is 18.3 Å². The first-order valence-electron chi connectivity index (χ1n) is 10.1. The molecule has 0 saturated heterocycles. The summed E-state index contributed by atoms with van der Waals surface area (Å²) >= 11 is 0. The Labute approximate surface area is 176 Å². The summed E-state index contributed by atoms with van der Waals surface area (Å²) in [6.45, 7) is 3.03. The number of ether oxygens (including phenoxy) is 1. The van der Waals surface area contributed by atoms with Gasteiger partial charge in [-0.25, -0.2) is 4.79 Å². The number of carbonyl (C=O) groups excluding carboxylic acids is 2. The van der Waals surface area contributed by atoms with Gasteiger partial charge in [0.1, 0.15) is 0 Å². The van der Waals surface area contributed by atoms with E-state index < -0.39 is 5.97 Å². The molecule has 2 aromatic carbocycles. The molecule has 0 aliphatic heterocycles. The van der Waals surface area contributed by atoms with E-state index in [1.807, 2.05) is 41.0 Å². The summed E-state index contributed by atoms with van der Waals surface area (Å²) in [7, 11) is 0. The number of fused-ring (bicyclic) bond motifs is 1. The maximum atomic E-state index is 12.8. The number of anilines is 1. The molecule has 1 N–H and O–H groups in total. The third kappa shape index (κ3) is 4.87. The minimum absolute atomic E-state index is 0.272. The van der Waals surface area contributed by atoms with Gasteiger partial charge in [0.15, 0.2) is 6.61 Å². The lowest BCUT2D eigenvalue weighted by molar-refractivity contribution is 0.0476. The average Bonchev–Trinajstić information content (AvgIpc) is 3.15. The van der Waals surface area contributed by atoms with Crippen molar-refractivity contribution in [2.24, 2.45) is 0 Å². The second kappa shape index (κ2) is 10.3. The fourth-order valence-corrected chi connectivity index (χ4v) is 3.33. The van der Waals surface area contributed by atoms with Gasteiger partial charge in [0.2, 0.25) is 5.78 Å². The number of hydrogen-bond donors (Lipinski definition) is 1. The van der Waals surface area contributed by atoms with Gasteiger partial charge in [0.05, 0.1) is 18.1 Å². The molecule has 0 aliphatic carbocycles. The highest BCUT2D eigenvalue weighted by Gasteiger charge is 2.18. The number of rotatable bonds is 10. The minimum Gasteiger partial charge on any atom is -0.454 e. The van der Waals surface area contributed by atoms with Crippen LogP contribution < -0.4 is 5.32 Å². The zero-order valence-electron chi connectivity index (χ0n) is 17.1. The Morgan fingerprint density at radius 1 is 1.10 bits per heavy atom. The molecule has 0 radical (unpaired) electrons. The Morgan fingerprint density at radius 2 is 1.87 bits per heavy atom. The summed E-state index contributed by atoms with van der Waals surface area (Å²) < 4.78 is 7.23. The quantitative estimate of drug-likeness (QED) is 0.298. The fraction of sp³-hybridized carbons (Fsp3) is 0.292. The molecule has 0 saturated carbocycles. The number of benzene rings is 2. The molecule has 0 unspecified atom stereocenters. The van der Waals surface area contributed by atoms with Crippen LogP contribution in [0.25, 0.3) is 10.9 Å². The van der Waals surface area contributed by atoms with Gasteiger partial charge in [-0.2, -0.15) is 5.26 Å². The number of nitrogens with one attached hydrogen (secondary N) is 1. The molecule has 0 bridgehead atoms. The van der Waals surface area contributed by atoms with Crippen LogP contribution in [0.5, 0.6) is 0 Å². The van der Waals surface area contributed by atoms with E-state index in [-0.39, 0.29) is 12.4 Å². The molecule has 0 fully saturated rings. The second-order valence-corrected chi connectivity index (χ2v) is 6.99. The summed E-state index contributed by atoms with van der Waals surface area (Å²) in [5, 5.41) is 12.9. The third-order valence-corrected chi connectivity index (χ3v) is 4.88. The van der Waals surface area contributed by atoms with Crippen molar-refractivity contribution in [3.05, 3.63) is 65.9 Å². The van der Waals surface area contributed by atoms with E-state index in [4.69, 9.17) is 10.00 Å². The number of ketones is 1. The largest absolute Gasteiger partial charge is 0.454 e. The van der Waals surface area contributed by atoms with Gasteiger partial charge in [-0.15, -0.1) is 0 Å². The van der Waals surface area contributed by atoms with Gasteiger partial charge in [0, 0.05) is 41.4 Å². The van der Waals surface area contributed by atoms with Crippen LogP contribution in [0.1, 0.15) is 46.9 Å². The lowest BCUT2D eigenvalue weighted by Crippen LogP contribution is -2.16. The Hall–Kier alpha value is -3.59. The number of hydrogen-bond acceptors (Lipinski definition) is 5. The summed E-state index contributed by atoms with van der Waals surface area (Å²) in [5.41, 5.74) is 2.49. The zero-order chi connectivity index (χ0) is 21.3. The molecular formula is C24H25N3O3. The third-order valence-electron chi connectivity index (χ3n) is 4.88. The van der Waals surface area contributed by atoms with Gasteiger partial charge in [-0.3, -0.25) is 4.79 Å². The normalized spacial score (nSPS) is 10.5. The topological polar surface area (TPSA) is 84.1 Å². The van der Waals surface area contributed by atoms with Crippen molar-refractivity contribution in [3.63, 3.8) is 0 Å². The predicted octanol–water partition coefficient (Wildman–Crippen LogP) is 4.81. The highest BCUT2D eigenvalue weighted by molar-refractivity contribution is 6.09. The molecule has 3 aromatic rings. The van der Waals surface area contributed by atoms with Crippen LogP contribution >= 0.6 is 0 Å². The molecule has 154 valence electrons. The number of Topliss-reactive ketones (excluding diaryl/α,β-unsaturated/α-hetero) is 1. The standard InChI is InChI=1S/C24H25N3O3/c1-2-3-14-26-21-11-6-4-10-19(21)24(29)30-17-23(28)20-16-27(15-8-13-25)22-12-7-5-9-18(20)22/h4-7,9-12,16,26H,2-3,8,14-15,17H2,1H3. The lowest BCUT2D eigenvalue weighted by atomic mass is 10.1. The summed E-state index contributed by atoms with van der Waals surface area (Å²) in [4.78, 5) is 25.4. The fourth-order valence-electron chi connectivity index (χ4n) is 3.33. The van der Waals surface area contributed by atoms with Crippen molar-refractivity contribution in [1.82, 2.24) is 4.57 Å². The van der Waals surface area contributed by atoms with Gasteiger partial charge < -0.3 is 14.6 Å². The highest BCUT2D eigenvalue weighted by atomic mass is 16.5. The molecule has 1 aromatic heterocycles. The van der Waals surface area contributed by atoms with Crippen molar-refractivity contribution in [2.45, 2.75) is 32.7 Å². The SMILES string of the molecule is CCCCNc1ccccc1C(=O)OCC(=O)c1cn(CCC#N)c2ccccc12. The minimum atomic E-state index is -0.531. The van der Waals surface area contributed by atoms with Gasteiger partial charge in [0.25, 0.3) is 0 Å². The summed E-state index contributed by atoms with van der Waals surface area (Å²) in [6.07, 6.45) is 4.13. The smallest absolute Gasteiger partial charge is 0.340 e. The van der Waals surface area contributed by atoms with E-state index >= 15 is 0 Å². The molecular weight excluding hydrogens is 378 g/mol. The van der Waals surface area contributed by atoms with E-state index in [9.17, 15) is 9.59 Å². The highest BCUT2D eigenvalue weighted by Crippen LogP contribution is 2.23. The van der Waals surface area contributed by atoms with Crippen LogP contribution in [0.2, 0.25) is 0 Å². The Bertz CT molecular complexity index is 1080. The Kier molecular flexibility index (Phi) is 7.23. The van der Waals surface area contributed by atoms with Crippen LogP contribution in [-0.4, -0.2) is 29.5 Å². The Morgan fingerprint density at radius 3 is 2.67 bits per heavy atom. The monoisotopic (exact) mass is 403 g/mol. The average molecular weight is 403 g/mol. The van der Waals surface area contributed by atoms with Crippen molar-refractivity contribution in [3.8, 4) is 6.07 Å². The van der Waals surface area contributed by atoms with Crippen LogP contribution in [0.15, 0.2) is 54.7 Å². The predicted molar refractivity (Wildman–Crippen MR) is 117 cm³/mol. The molecule has 0 spiro atoms. The lowest BCUT2D eigenvalue weighted by Gasteiger charge is -2.11. The first kappa shape index (κ1) is 21.1. The van der Waals surface area contributed by atoms with Crippen molar-refractivity contribution in [1.29, 1.82) is 5.26 Å². The van der Waals surface area contributed by atoms with Crippen LogP contribution in [-0.2, 0) is 11.3 Å². The molecule has 1 heterocycles. The Balaban J connectivity index is 1.72. The number of esters is 1. The zero-order valence-corrected chi connectivity index (χ0v) is 17.1. The van der Waals surface area contributed by atoms with Gasteiger partial charge >= 0.3 is 5.97 Å². The maximum Gasteiger partial charge on any atom is 0.340 e. The van der Waals surface area contributed by atoms with E-state index in [1.54, 1.807) is 18.3 Å². The number of nitriles is 1. The number of aryl methyl sites for hydroxylation is 1. The number of para-hydroxylation sites is 2. The molecule has 0 amide bonds. The molecule has 0 atom stereocenters. The van der Waals surface area contributed by atoms with E-state index in [0.717, 1.165) is 30.3 Å². The number of unbranched alkanes of at least 4 members (excludes halogenated alkanes) is 1. The molecule has 30 heavy (non-hydrogen) atoms. The summed E-state index contributed by atoms with van der Waals surface area (Å²) in [5.74, 6) is -0.803. The van der Waals surface area contributed by atoms with E-state index in [1.165, 1.54) is 0 Å². The number of carbonyl (C=O) groups is 2. The number of nitrogens with zero attached hydrogens (tertiary/aromatic N) is 2. The van der Waals surface area contributed by atoms with Crippen molar-refractivity contribution in [2.75, 3.05) is 18.5 Å². The molecule has 0 aliphatic rings. The molecule has 6 heteroatoms. The van der Waals surface area contributed by atoms with Gasteiger partial charge in [-0.05, 0) is 24.6 Å². The molecule has 6 nitrogen and oxygen atoms in total. The maximum absolute atomic E-state index is 12.8. The van der Waals surface area contributed by atoms with Gasteiger partial charge in [-0.1, -0.05) is 43.7 Å². The first-order valence-corrected chi connectivity index (χ1v) is 10.1.